The fourth-order valence-electron chi connectivity index (χ4n) is 0.470. The molecule has 0 unspecified atom stereocenters. The van der Waals surface area contributed by atoms with Crippen LogP contribution in [0.3, 0.4) is 0 Å². The van der Waals surface area contributed by atoms with Gasteiger partial charge in [-0.2, -0.15) is 0 Å². The first-order valence-corrected chi connectivity index (χ1v) is 3.95. The zero-order valence-corrected chi connectivity index (χ0v) is 8.00. The summed E-state index contributed by atoms with van der Waals surface area (Å²) in [5, 5.41) is 0.504. The first kappa shape index (κ1) is 11.7. The molecule has 0 aliphatic heterocycles. The van der Waals surface area contributed by atoms with E-state index in [4.69, 9.17) is 28.0 Å². The van der Waals surface area contributed by atoms with Gasteiger partial charge >= 0.3 is 0 Å². The number of rotatable bonds is 0. The van der Waals surface area contributed by atoms with Gasteiger partial charge in [0.1, 0.15) is 5.82 Å². The lowest BCUT2D eigenvalue weighted by atomic mass is 10.3. The molecule has 5 heteroatoms. The van der Waals surface area contributed by atoms with Gasteiger partial charge in [-0.05, 0) is 29.8 Å². The highest BCUT2D eigenvalue weighted by molar-refractivity contribution is 6.54. The zero-order chi connectivity index (χ0) is 9.56. The predicted molar refractivity (Wildman–Crippen MR) is 49.0 cm³/mol. The van der Waals surface area contributed by atoms with E-state index in [2.05, 4.69) is 11.6 Å². The minimum absolute atomic E-state index is 0.0579. The SMILES string of the molecule is Fc1ccc(Cl)cc1Cl.O=CCl. The standard InChI is InChI=1S/C6H3Cl2F.CHClO/c7-4-1-2-6(9)5(8)3-4;2-1-3/h1-3H;1H. The molecule has 1 aromatic carbocycles. The fraction of sp³-hybridized carbons (Fsp3) is 0. The van der Waals surface area contributed by atoms with Crippen LogP contribution in [0.25, 0.3) is 0 Å². The van der Waals surface area contributed by atoms with Gasteiger partial charge in [0.05, 0.1) is 5.02 Å². The van der Waals surface area contributed by atoms with Crippen LogP contribution < -0.4 is 0 Å². The van der Waals surface area contributed by atoms with Gasteiger partial charge < -0.3 is 0 Å². The molecule has 1 rings (SSSR count). The minimum atomic E-state index is -0.443. The summed E-state index contributed by atoms with van der Waals surface area (Å²) in [6.45, 7) is 0. The number of benzene rings is 1. The summed E-state index contributed by atoms with van der Waals surface area (Å²) in [6, 6.07) is 4.03. The van der Waals surface area contributed by atoms with Crippen LogP contribution in [-0.4, -0.2) is 5.75 Å². The van der Waals surface area contributed by atoms with Crippen molar-refractivity contribution < 1.29 is 9.18 Å². The third-order valence-corrected chi connectivity index (χ3v) is 1.41. The van der Waals surface area contributed by atoms with Gasteiger partial charge in [0.25, 0.3) is 0 Å². The van der Waals surface area contributed by atoms with E-state index in [1.807, 2.05) is 0 Å². The van der Waals surface area contributed by atoms with Crippen molar-refractivity contribution in [1.29, 1.82) is 0 Å². The van der Waals surface area contributed by atoms with E-state index in [1.165, 1.54) is 18.2 Å². The topological polar surface area (TPSA) is 17.1 Å². The average molecular weight is 229 g/mol. The molecule has 0 heterocycles. The van der Waals surface area contributed by atoms with Crippen LogP contribution >= 0.6 is 34.8 Å². The van der Waals surface area contributed by atoms with Gasteiger partial charge in [0.2, 0.25) is 5.75 Å². The van der Waals surface area contributed by atoms with Gasteiger partial charge in [0.15, 0.2) is 0 Å². The monoisotopic (exact) mass is 228 g/mol. The normalized spacial score (nSPS) is 8.33. The van der Waals surface area contributed by atoms with Crippen LogP contribution in [0.1, 0.15) is 0 Å². The molecule has 0 aliphatic rings. The molecule has 0 saturated carbocycles. The molecule has 1 nitrogen and oxygen atoms in total. The minimum Gasteiger partial charge on any atom is -0.285 e. The average Bonchev–Trinajstić information content (AvgIpc) is 1.99. The highest BCUT2D eigenvalue weighted by Crippen LogP contribution is 2.18. The van der Waals surface area contributed by atoms with E-state index < -0.39 is 5.82 Å². The Kier molecular flexibility index (Phi) is 6.07. The Balaban J connectivity index is 0.000000354. The van der Waals surface area contributed by atoms with E-state index in [9.17, 15) is 4.39 Å². The van der Waals surface area contributed by atoms with Crippen LogP contribution in [0.2, 0.25) is 10.0 Å². The molecule has 0 fully saturated rings. The van der Waals surface area contributed by atoms with E-state index in [1.54, 1.807) is 0 Å². The number of carbonyl (C=O) groups is 1. The summed E-state index contributed by atoms with van der Waals surface area (Å²) in [5.41, 5.74) is 0. The third-order valence-electron chi connectivity index (χ3n) is 0.882. The summed E-state index contributed by atoms with van der Waals surface area (Å²) in [6.07, 6.45) is 0. The Hall–Kier alpha value is -0.310. The van der Waals surface area contributed by atoms with Crippen molar-refractivity contribution in [2.45, 2.75) is 0 Å². The van der Waals surface area contributed by atoms with Crippen molar-refractivity contribution in [3.8, 4) is 0 Å². The second-order valence-electron chi connectivity index (χ2n) is 1.65. The molecule has 66 valence electrons. The Labute approximate surface area is 84.0 Å². The highest BCUT2D eigenvalue weighted by atomic mass is 35.5. The molecule has 0 bridgehead atoms. The smallest absolute Gasteiger partial charge is 0.208 e. The van der Waals surface area contributed by atoms with Crippen LogP contribution in [0.4, 0.5) is 4.39 Å². The largest absolute Gasteiger partial charge is 0.285 e. The number of carbonyl (C=O) groups excluding carboxylic acids is 1. The zero-order valence-electron chi connectivity index (χ0n) is 5.73. The van der Waals surface area contributed by atoms with E-state index >= 15 is 0 Å². The summed E-state index contributed by atoms with van der Waals surface area (Å²) in [5.74, 6) is -0.221. The number of hydrogen-bond acceptors (Lipinski definition) is 1. The maximum absolute atomic E-state index is 12.3. The molecule has 0 atom stereocenters. The molecule has 0 aromatic heterocycles. The van der Waals surface area contributed by atoms with Crippen LogP contribution in [-0.2, 0) is 4.79 Å². The van der Waals surface area contributed by atoms with Crippen LogP contribution in [0.15, 0.2) is 18.2 Å². The molecule has 12 heavy (non-hydrogen) atoms. The lowest BCUT2D eigenvalue weighted by Gasteiger charge is -1.91. The van der Waals surface area contributed by atoms with Crippen molar-refractivity contribution in [3.05, 3.63) is 34.1 Å². The van der Waals surface area contributed by atoms with Crippen molar-refractivity contribution in [2.24, 2.45) is 0 Å². The maximum atomic E-state index is 12.3. The van der Waals surface area contributed by atoms with Gasteiger partial charge in [-0.1, -0.05) is 23.2 Å². The molecule has 0 aliphatic carbocycles. The predicted octanol–water partition coefficient (Wildman–Crippen LogP) is 3.55. The fourth-order valence-corrected chi connectivity index (χ4v) is 0.879. The van der Waals surface area contributed by atoms with Gasteiger partial charge in [-0.25, -0.2) is 4.39 Å². The number of hydrogen-bond donors (Lipinski definition) is 0. The van der Waals surface area contributed by atoms with E-state index in [0.717, 1.165) is 0 Å². The van der Waals surface area contributed by atoms with Crippen molar-refractivity contribution in [1.82, 2.24) is 0 Å². The third kappa shape index (κ3) is 4.54. The van der Waals surface area contributed by atoms with Crippen molar-refractivity contribution in [2.75, 3.05) is 0 Å². The summed E-state index contributed by atoms with van der Waals surface area (Å²) in [7, 11) is 0. The molecular weight excluding hydrogens is 225 g/mol. The lowest BCUT2D eigenvalue weighted by Crippen LogP contribution is -1.73. The second kappa shape index (κ2) is 6.23. The molecular formula is C7H4Cl3FO. The van der Waals surface area contributed by atoms with Crippen molar-refractivity contribution >= 4 is 40.5 Å². The van der Waals surface area contributed by atoms with Gasteiger partial charge in [-0.15, -0.1) is 0 Å². The molecule has 0 radical (unpaired) electrons. The lowest BCUT2D eigenvalue weighted by molar-refractivity contribution is 0.569. The second-order valence-corrected chi connectivity index (χ2v) is 2.67. The maximum Gasteiger partial charge on any atom is 0.208 e. The quantitative estimate of drug-likeness (QED) is 0.378. The van der Waals surface area contributed by atoms with Crippen molar-refractivity contribution in [3.63, 3.8) is 0 Å². The first-order valence-electron chi connectivity index (χ1n) is 2.76. The Morgan fingerprint density at radius 3 is 2.17 bits per heavy atom. The van der Waals surface area contributed by atoms with Gasteiger partial charge in [-0.3, -0.25) is 4.79 Å². The van der Waals surface area contributed by atoms with Crippen LogP contribution in [0, 0.1) is 5.82 Å². The molecule has 0 spiro atoms. The Bertz CT molecular complexity index is 265. The summed E-state index contributed by atoms with van der Waals surface area (Å²) >= 11 is 15.1. The highest BCUT2D eigenvalue weighted by Gasteiger charge is 1.96. The van der Waals surface area contributed by atoms with Gasteiger partial charge in [0, 0.05) is 5.02 Å². The number of halogens is 4. The molecule has 0 N–H and O–H groups in total. The Morgan fingerprint density at radius 2 is 1.83 bits per heavy atom. The molecule has 0 amide bonds. The molecule has 1 aromatic rings. The first-order chi connectivity index (χ1) is 5.61. The van der Waals surface area contributed by atoms with E-state index in [-0.39, 0.29) is 10.8 Å². The summed E-state index contributed by atoms with van der Waals surface area (Å²) in [4.78, 5) is 8.57. The summed E-state index contributed by atoms with van der Waals surface area (Å²) < 4.78 is 12.3. The van der Waals surface area contributed by atoms with E-state index in [0.29, 0.717) is 5.02 Å². The van der Waals surface area contributed by atoms with Crippen LogP contribution in [0.5, 0.6) is 0 Å². The Morgan fingerprint density at radius 1 is 1.33 bits per heavy atom. The molecule has 0 saturated heterocycles.